The Bertz CT molecular complexity index is 628. The molecule has 0 bridgehead atoms. The predicted octanol–water partition coefficient (Wildman–Crippen LogP) is 0.705. The number of hydrogen-bond acceptors (Lipinski definition) is 4. The van der Waals surface area contributed by atoms with Crippen molar-refractivity contribution in [3.63, 3.8) is 0 Å². The van der Waals surface area contributed by atoms with Gasteiger partial charge in [0.2, 0.25) is 0 Å². The van der Waals surface area contributed by atoms with Gasteiger partial charge in [0.15, 0.2) is 4.47 Å². The van der Waals surface area contributed by atoms with E-state index in [1.165, 1.54) is 28.2 Å². The fraction of sp³-hybridized carbons (Fsp3) is 0.222. The predicted molar refractivity (Wildman–Crippen MR) is 62.2 cm³/mol. The molecular formula is C9H8ClN3O2S. The molecule has 0 aliphatic heterocycles. The van der Waals surface area contributed by atoms with Crippen LogP contribution in [0.15, 0.2) is 28.0 Å². The van der Waals surface area contributed by atoms with E-state index in [2.05, 4.69) is 4.98 Å². The highest BCUT2D eigenvalue weighted by Crippen LogP contribution is 2.17. The average molecular weight is 258 g/mol. The Labute approximate surface area is 99.6 Å². The quantitative estimate of drug-likeness (QED) is 0.796. The van der Waals surface area contributed by atoms with Gasteiger partial charge in [-0.1, -0.05) is 11.6 Å². The zero-order valence-electron chi connectivity index (χ0n) is 8.38. The molecule has 0 aliphatic carbocycles. The summed E-state index contributed by atoms with van der Waals surface area (Å²) in [6.45, 7) is 0.205. The molecule has 7 heteroatoms. The highest BCUT2D eigenvalue weighted by atomic mass is 35.5. The summed E-state index contributed by atoms with van der Waals surface area (Å²) in [6, 6.07) is 1.35. The Kier molecular flexibility index (Phi) is 2.93. The monoisotopic (exact) mass is 257 g/mol. The maximum Gasteiger partial charge on any atom is 0.331 e. The Balaban J connectivity index is 2.46. The van der Waals surface area contributed by atoms with Crippen LogP contribution in [0, 0.1) is 0 Å². The standard InChI is InChI=1S/C9H8ClN3O2S/c1-12-3-2-7(14)13(9(12)15)5-6-4-11-8(10)16-6/h2-4H,5H2,1H3. The van der Waals surface area contributed by atoms with Crippen molar-refractivity contribution in [1.29, 1.82) is 0 Å². The van der Waals surface area contributed by atoms with Crippen LogP contribution in [0.3, 0.4) is 0 Å². The molecule has 0 N–H and O–H groups in total. The van der Waals surface area contributed by atoms with Crippen molar-refractivity contribution in [3.05, 3.63) is 48.6 Å². The summed E-state index contributed by atoms with van der Waals surface area (Å²) in [7, 11) is 1.60. The number of nitrogens with zero attached hydrogens (tertiary/aromatic N) is 3. The second kappa shape index (κ2) is 4.23. The van der Waals surface area contributed by atoms with Crippen LogP contribution in [0.1, 0.15) is 4.88 Å². The molecular weight excluding hydrogens is 250 g/mol. The summed E-state index contributed by atoms with van der Waals surface area (Å²) in [6.07, 6.45) is 3.01. The summed E-state index contributed by atoms with van der Waals surface area (Å²) in [5.41, 5.74) is -0.676. The first kappa shape index (κ1) is 11.1. The summed E-state index contributed by atoms with van der Waals surface area (Å²) in [5, 5.41) is 0. The zero-order valence-corrected chi connectivity index (χ0v) is 9.96. The van der Waals surface area contributed by atoms with Gasteiger partial charge in [-0.15, -0.1) is 11.3 Å². The molecule has 0 unspecified atom stereocenters. The summed E-state index contributed by atoms with van der Waals surface area (Å²) in [4.78, 5) is 27.8. The third kappa shape index (κ3) is 2.07. The maximum atomic E-state index is 11.7. The molecule has 0 amide bonds. The number of rotatable bonds is 2. The maximum absolute atomic E-state index is 11.7. The fourth-order valence-corrected chi connectivity index (χ4v) is 2.24. The molecule has 16 heavy (non-hydrogen) atoms. The molecule has 0 radical (unpaired) electrons. The molecule has 0 spiro atoms. The third-order valence-corrected chi connectivity index (χ3v) is 3.18. The summed E-state index contributed by atoms with van der Waals surface area (Å²) < 4.78 is 2.89. The van der Waals surface area contributed by atoms with Gasteiger partial charge in [0.1, 0.15) is 0 Å². The molecule has 0 fully saturated rings. The topological polar surface area (TPSA) is 56.9 Å². The van der Waals surface area contributed by atoms with Crippen LogP contribution in [0.4, 0.5) is 0 Å². The Hall–Kier alpha value is -1.40. The van der Waals surface area contributed by atoms with E-state index in [1.54, 1.807) is 13.2 Å². The van der Waals surface area contributed by atoms with Gasteiger partial charge in [-0.3, -0.25) is 9.36 Å². The number of hydrogen-bond donors (Lipinski definition) is 0. The van der Waals surface area contributed by atoms with Crippen LogP contribution in [-0.4, -0.2) is 14.1 Å². The molecule has 0 saturated carbocycles. The van der Waals surface area contributed by atoms with E-state index < -0.39 is 0 Å². The van der Waals surface area contributed by atoms with Gasteiger partial charge >= 0.3 is 5.69 Å². The van der Waals surface area contributed by atoms with E-state index in [1.807, 2.05) is 0 Å². The number of halogens is 1. The molecule has 84 valence electrons. The van der Waals surface area contributed by atoms with E-state index in [0.29, 0.717) is 4.47 Å². The van der Waals surface area contributed by atoms with Crippen molar-refractivity contribution < 1.29 is 0 Å². The van der Waals surface area contributed by atoms with Gasteiger partial charge in [-0.05, 0) is 0 Å². The highest BCUT2D eigenvalue weighted by molar-refractivity contribution is 7.15. The number of aryl methyl sites for hydroxylation is 1. The summed E-state index contributed by atoms with van der Waals surface area (Å²) in [5.74, 6) is 0. The van der Waals surface area contributed by atoms with Crippen molar-refractivity contribution in [2.24, 2.45) is 7.05 Å². The highest BCUT2D eigenvalue weighted by Gasteiger charge is 2.06. The van der Waals surface area contributed by atoms with Crippen molar-refractivity contribution in [3.8, 4) is 0 Å². The average Bonchev–Trinajstić information content (AvgIpc) is 2.65. The van der Waals surface area contributed by atoms with Crippen molar-refractivity contribution >= 4 is 22.9 Å². The van der Waals surface area contributed by atoms with Crippen LogP contribution < -0.4 is 11.2 Å². The minimum atomic E-state index is -0.350. The second-order valence-electron chi connectivity index (χ2n) is 3.21. The van der Waals surface area contributed by atoms with Gasteiger partial charge < -0.3 is 4.57 Å². The van der Waals surface area contributed by atoms with Gasteiger partial charge in [0, 0.05) is 30.4 Å². The zero-order chi connectivity index (χ0) is 11.7. The number of aromatic nitrogens is 3. The van der Waals surface area contributed by atoms with E-state index in [4.69, 9.17) is 11.6 Å². The molecule has 2 aromatic heterocycles. The van der Waals surface area contributed by atoms with E-state index in [-0.39, 0.29) is 17.8 Å². The SMILES string of the molecule is Cn1ccc(=O)n(Cc2cnc(Cl)s2)c1=O. The second-order valence-corrected chi connectivity index (χ2v) is 4.91. The van der Waals surface area contributed by atoms with E-state index >= 15 is 0 Å². The molecule has 0 atom stereocenters. The van der Waals surface area contributed by atoms with Gasteiger partial charge in [0.05, 0.1) is 6.54 Å². The lowest BCUT2D eigenvalue weighted by atomic mass is 10.5. The normalized spacial score (nSPS) is 10.6. The molecule has 2 heterocycles. The molecule has 2 aromatic rings. The van der Waals surface area contributed by atoms with Crippen LogP contribution in [0.25, 0.3) is 0 Å². The van der Waals surface area contributed by atoms with Crippen LogP contribution in [0.2, 0.25) is 4.47 Å². The molecule has 2 rings (SSSR count). The van der Waals surface area contributed by atoms with E-state index in [9.17, 15) is 9.59 Å². The van der Waals surface area contributed by atoms with E-state index in [0.717, 1.165) is 9.44 Å². The minimum Gasteiger partial charge on any atom is -0.303 e. The van der Waals surface area contributed by atoms with Crippen LogP contribution in [-0.2, 0) is 13.6 Å². The lowest BCUT2D eigenvalue weighted by molar-refractivity contribution is 0.644. The smallest absolute Gasteiger partial charge is 0.303 e. The lowest BCUT2D eigenvalue weighted by Gasteiger charge is -2.03. The number of thiazole rings is 1. The molecule has 5 nitrogen and oxygen atoms in total. The Morgan fingerprint density at radius 1 is 1.50 bits per heavy atom. The van der Waals surface area contributed by atoms with Gasteiger partial charge in [0.25, 0.3) is 5.56 Å². The summed E-state index contributed by atoms with van der Waals surface area (Å²) >= 11 is 6.93. The molecule has 0 aromatic carbocycles. The van der Waals surface area contributed by atoms with Gasteiger partial charge in [-0.25, -0.2) is 9.78 Å². The van der Waals surface area contributed by atoms with Crippen LogP contribution in [0.5, 0.6) is 0 Å². The van der Waals surface area contributed by atoms with Crippen molar-refractivity contribution in [1.82, 2.24) is 14.1 Å². The lowest BCUT2D eigenvalue weighted by Crippen LogP contribution is -2.37. The largest absolute Gasteiger partial charge is 0.331 e. The third-order valence-electron chi connectivity index (χ3n) is 2.08. The van der Waals surface area contributed by atoms with Gasteiger partial charge in [-0.2, -0.15) is 0 Å². The Morgan fingerprint density at radius 3 is 2.88 bits per heavy atom. The first-order chi connectivity index (χ1) is 7.58. The first-order valence-corrected chi connectivity index (χ1v) is 5.64. The molecule has 0 aliphatic rings. The van der Waals surface area contributed by atoms with Crippen molar-refractivity contribution in [2.75, 3.05) is 0 Å². The van der Waals surface area contributed by atoms with Crippen molar-refractivity contribution in [2.45, 2.75) is 6.54 Å². The fourth-order valence-electron chi connectivity index (χ4n) is 1.27. The Morgan fingerprint density at radius 2 is 2.25 bits per heavy atom. The minimum absolute atomic E-state index is 0.205. The molecule has 0 saturated heterocycles. The van der Waals surface area contributed by atoms with Crippen LogP contribution >= 0.6 is 22.9 Å². The first-order valence-electron chi connectivity index (χ1n) is 4.44.